The van der Waals surface area contributed by atoms with Crippen LogP contribution in [0.3, 0.4) is 0 Å². The van der Waals surface area contributed by atoms with Crippen LogP contribution in [-0.4, -0.2) is 11.0 Å². The normalized spacial score (nSPS) is 15.3. The van der Waals surface area contributed by atoms with Crippen LogP contribution in [0.4, 0.5) is 0 Å². The summed E-state index contributed by atoms with van der Waals surface area (Å²) in [5.41, 5.74) is 7.08. The highest BCUT2D eigenvalue weighted by Gasteiger charge is 2.05. The molecule has 0 saturated carbocycles. The second-order valence-corrected chi connectivity index (χ2v) is 3.88. The average molecular weight is 178 g/mol. The van der Waals surface area contributed by atoms with E-state index in [1.54, 1.807) is 0 Å². The van der Waals surface area contributed by atoms with Gasteiger partial charge in [-0.3, -0.25) is 4.98 Å². The van der Waals surface area contributed by atoms with Crippen molar-refractivity contribution in [2.75, 3.05) is 0 Å². The lowest BCUT2D eigenvalue weighted by molar-refractivity contribution is 0.480. The molecule has 0 saturated heterocycles. The molecule has 0 spiro atoms. The predicted molar refractivity (Wildman–Crippen MR) is 55.4 cm³/mol. The summed E-state index contributed by atoms with van der Waals surface area (Å²) >= 11 is 0. The third kappa shape index (κ3) is 4.04. The van der Waals surface area contributed by atoms with Gasteiger partial charge in [-0.2, -0.15) is 0 Å². The minimum absolute atomic E-state index is 0.303. The maximum atomic E-state index is 5.73. The van der Waals surface area contributed by atoms with Crippen LogP contribution in [0, 0.1) is 5.92 Å². The van der Waals surface area contributed by atoms with Crippen molar-refractivity contribution in [3.8, 4) is 0 Å². The Bertz CT molecular complexity index is 231. The molecule has 13 heavy (non-hydrogen) atoms. The summed E-state index contributed by atoms with van der Waals surface area (Å²) in [7, 11) is 0. The van der Waals surface area contributed by atoms with Crippen LogP contribution in [0.5, 0.6) is 0 Å². The first-order valence-electron chi connectivity index (χ1n) is 4.83. The Morgan fingerprint density at radius 1 is 1.31 bits per heavy atom. The van der Waals surface area contributed by atoms with Gasteiger partial charge in [0.25, 0.3) is 0 Å². The molecule has 0 aliphatic rings. The standard InChI is InChI=1S/C11H18N2/c1-9(7-10(2)12)8-11-3-5-13-6-4-11/h3-6,9-10H,7-8,12H2,1-2H3/t9-,10+/m1/s1. The molecule has 1 aromatic heterocycles. The Hall–Kier alpha value is -0.890. The highest BCUT2D eigenvalue weighted by Crippen LogP contribution is 2.11. The minimum atomic E-state index is 0.303. The summed E-state index contributed by atoms with van der Waals surface area (Å²) in [5.74, 6) is 0.655. The third-order valence-electron chi connectivity index (χ3n) is 2.11. The third-order valence-corrected chi connectivity index (χ3v) is 2.11. The fourth-order valence-electron chi connectivity index (χ4n) is 1.64. The van der Waals surface area contributed by atoms with Gasteiger partial charge in [-0.25, -0.2) is 0 Å². The molecule has 1 rings (SSSR count). The van der Waals surface area contributed by atoms with Gasteiger partial charge in [0.2, 0.25) is 0 Å². The van der Waals surface area contributed by atoms with E-state index >= 15 is 0 Å². The highest BCUT2D eigenvalue weighted by molar-refractivity contribution is 5.10. The van der Waals surface area contributed by atoms with Crippen molar-refractivity contribution in [1.82, 2.24) is 4.98 Å². The summed E-state index contributed by atoms with van der Waals surface area (Å²) in [4.78, 5) is 3.99. The molecule has 2 nitrogen and oxygen atoms in total. The van der Waals surface area contributed by atoms with Crippen LogP contribution in [0.1, 0.15) is 25.8 Å². The molecule has 0 bridgehead atoms. The van der Waals surface area contributed by atoms with Gasteiger partial charge in [-0.1, -0.05) is 6.92 Å². The quantitative estimate of drug-likeness (QED) is 0.766. The van der Waals surface area contributed by atoms with Gasteiger partial charge in [0.05, 0.1) is 0 Å². The number of pyridine rings is 1. The van der Waals surface area contributed by atoms with E-state index in [0.29, 0.717) is 12.0 Å². The van der Waals surface area contributed by atoms with Gasteiger partial charge < -0.3 is 5.73 Å². The van der Waals surface area contributed by atoms with E-state index in [9.17, 15) is 0 Å². The second-order valence-electron chi connectivity index (χ2n) is 3.88. The Kier molecular flexibility index (Phi) is 3.90. The molecule has 0 unspecified atom stereocenters. The zero-order valence-electron chi connectivity index (χ0n) is 8.40. The SMILES string of the molecule is C[C@@H](Cc1ccncc1)C[C@H](C)N. The maximum absolute atomic E-state index is 5.73. The van der Waals surface area contributed by atoms with Gasteiger partial charge in [0.15, 0.2) is 0 Å². The van der Waals surface area contributed by atoms with Crippen LogP contribution >= 0.6 is 0 Å². The number of hydrogen-bond acceptors (Lipinski definition) is 2. The van der Waals surface area contributed by atoms with Crippen LogP contribution in [0.15, 0.2) is 24.5 Å². The molecule has 0 aromatic carbocycles. The molecule has 2 N–H and O–H groups in total. The molecule has 0 fully saturated rings. The van der Waals surface area contributed by atoms with Gasteiger partial charge in [0, 0.05) is 18.4 Å². The van der Waals surface area contributed by atoms with E-state index < -0.39 is 0 Å². The van der Waals surface area contributed by atoms with Gasteiger partial charge in [-0.15, -0.1) is 0 Å². The summed E-state index contributed by atoms with van der Waals surface area (Å²) < 4.78 is 0. The summed E-state index contributed by atoms with van der Waals surface area (Å²) in [6.45, 7) is 4.30. The fraction of sp³-hybridized carbons (Fsp3) is 0.545. The smallest absolute Gasteiger partial charge is 0.0270 e. The first-order chi connectivity index (χ1) is 6.18. The molecular formula is C11H18N2. The van der Waals surface area contributed by atoms with Crippen molar-refractivity contribution in [1.29, 1.82) is 0 Å². The van der Waals surface area contributed by atoms with E-state index in [4.69, 9.17) is 5.73 Å². The lowest BCUT2D eigenvalue weighted by atomic mass is 9.96. The molecule has 0 aliphatic carbocycles. The van der Waals surface area contributed by atoms with Gasteiger partial charge in [0.1, 0.15) is 0 Å². The first-order valence-corrected chi connectivity index (χ1v) is 4.83. The second kappa shape index (κ2) is 4.97. The number of nitrogens with zero attached hydrogens (tertiary/aromatic N) is 1. The maximum Gasteiger partial charge on any atom is 0.0270 e. The molecule has 0 amide bonds. The zero-order chi connectivity index (χ0) is 9.68. The fourth-order valence-corrected chi connectivity index (χ4v) is 1.64. The average Bonchev–Trinajstić information content (AvgIpc) is 2.04. The molecule has 0 aliphatic heterocycles. The van der Waals surface area contributed by atoms with E-state index in [2.05, 4.69) is 31.0 Å². The topological polar surface area (TPSA) is 38.9 Å². The lowest BCUT2D eigenvalue weighted by Gasteiger charge is -2.13. The monoisotopic (exact) mass is 178 g/mol. The largest absolute Gasteiger partial charge is 0.328 e. The number of hydrogen-bond donors (Lipinski definition) is 1. The van der Waals surface area contributed by atoms with Crippen LogP contribution in [0.2, 0.25) is 0 Å². The molecule has 1 heterocycles. The van der Waals surface area contributed by atoms with Crippen molar-refractivity contribution in [3.63, 3.8) is 0 Å². The Morgan fingerprint density at radius 2 is 1.92 bits per heavy atom. The van der Waals surface area contributed by atoms with Crippen LogP contribution in [0.25, 0.3) is 0 Å². The molecule has 72 valence electrons. The number of nitrogens with two attached hydrogens (primary N) is 1. The molecular weight excluding hydrogens is 160 g/mol. The summed E-state index contributed by atoms with van der Waals surface area (Å²) in [6, 6.07) is 4.44. The molecule has 0 radical (unpaired) electrons. The predicted octanol–water partition coefficient (Wildman–Crippen LogP) is 2.00. The van der Waals surface area contributed by atoms with E-state index in [1.807, 2.05) is 12.4 Å². The van der Waals surface area contributed by atoms with Gasteiger partial charge in [-0.05, 0) is 43.4 Å². The van der Waals surface area contributed by atoms with E-state index in [0.717, 1.165) is 12.8 Å². The van der Waals surface area contributed by atoms with E-state index in [-0.39, 0.29) is 0 Å². The number of aromatic nitrogens is 1. The van der Waals surface area contributed by atoms with Crippen molar-refractivity contribution < 1.29 is 0 Å². The van der Waals surface area contributed by atoms with Crippen molar-refractivity contribution >= 4 is 0 Å². The Morgan fingerprint density at radius 3 is 2.46 bits per heavy atom. The number of rotatable bonds is 4. The van der Waals surface area contributed by atoms with Crippen molar-refractivity contribution in [2.45, 2.75) is 32.7 Å². The molecule has 2 atom stereocenters. The Balaban J connectivity index is 2.41. The first kappa shape index (κ1) is 10.2. The molecule has 1 aromatic rings. The zero-order valence-corrected chi connectivity index (χ0v) is 8.40. The van der Waals surface area contributed by atoms with Gasteiger partial charge >= 0.3 is 0 Å². The summed E-state index contributed by atoms with van der Waals surface area (Å²) in [6.07, 6.45) is 5.87. The molecule has 2 heteroatoms. The van der Waals surface area contributed by atoms with E-state index in [1.165, 1.54) is 5.56 Å². The van der Waals surface area contributed by atoms with Crippen LogP contribution in [-0.2, 0) is 6.42 Å². The van der Waals surface area contributed by atoms with Crippen LogP contribution < -0.4 is 5.73 Å². The Labute approximate surface area is 80.2 Å². The lowest BCUT2D eigenvalue weighted by Crippen LogP contribution is -2.19. The summed E-state index contributed by atoms with van der Waals surface area (Å²) in [5, 5.41) is 0. The van der Waals surface area contributed by atoms with Crippen molar-refractivity contribution in [3.05, 3.63) is 30.1 Å². The highest BCUT2D eigenvalue weighted by atomic mass is 14.6. The minimum Gasteiger partial charge on any atom is -0.328 e. The van der Waals surface area contributed by atoms with Crippen molar-refractivity contribution in [2.24, 2.45) is 11.7 Å².